The minimum atomic E-state index is -0.161. The van der Waals surface area contributed by atoms with Crippen LogP contribution in [0, 0.1) is 25.2 Å². The Kier molecular flexibility index (Phi) is 3.62. The van der Waals surface area contributed by atoms with Crippen LogP contribution in [0.3, 0.4) is 0 Å². The van der Waals surface area contributed by atoms with E-state index in [1.165, 1.54) is 0 Å². The average molecular weight is 254 g/mol. The molecule has 1 aromatic heterocycles. The Bertz CT molecular complexity index is 632. The SMILES string of the molecule is Cc1n[nH]c(C)c1C(=O)NCc1cccc(C#N)c1. The number of nitrogens with zero attached hydrogens (tertiary/aromatic N) is 2. The van der Waals surface area contributed by atoms with Gasteiger partial charge >= 0.3 is 0 Å². The maximum Gasteiger partial charge on any atom is 0.255 e. The first-order valence-electron chi connectivity index (χ1n) is 5.90. The van der Waals surface area contributed by atoms with Gasteiger partial charge < -0.3 is 5.32 Å². The summed E-state index contributed by atoms with van der Waals surface area (Å²) in [6.07, 6.45) is 0. The van der Waals surface area contributed by atoms with E-state index in [4.69, 9.17) is 5.26 Å². The maximum absolute atomic E-state index is 12.0. The second kappa shape index (κ2) is 5.36. The molecule has 0 saturated carbocycles. The molecule has 0 bridgehead atoms. The molecule has 1 amide bonds. The fourth-order valence-electron chi connectivity index (χ4n) is 1.91. The molecular formula is C14H14N4O. The summed E-state index contributed by atoms with van der Waals surface area (Å²) in [5.74, 6) is -0.161. The molecule has 2 rings (SSSR count). The van der Waals surface area contributed by atoms with Crippen molar-refractivity contribution in [2.75, 3.05) is 0 Å². The molecule has 19 heavy (non-hydrogen) atoms. The molecule has 0 aliphatic heterocycles. The van der Waals surface area contributed by atoms with Gasteiger partial charge in [0.25, 0.3) is 5.91 Å². The largest absolute Gasteiger partial charge is 0.348 e. The van der Waals surface area contributed by atoms with Crippen molar-refractivity contribution < 1.29 is 4.79 Å². The Labute approximate surface area is 111 Å². The number of hydrogen-bond acceptors (Lipinski definition) is 3. The van der Waals surface area contributed by atoms with Gasteiger partial charge in [-0.15, -0.1) is 0 Å². The van der Waals surface area contributed by atoms with E-state index in [1.54, 1.807) is 25.1 Å². The number of H-pyrrole nitrogens is 1. The zero-order valence-electron chi connectivity index (χ0n) is 10.8. The van der Waals surface area contributed by atoms with E-state index in [0.717, 1.165) is 11.3 Å². The highest BCUT2D eigenvalue weighted by Crippen LogP contribution is 2.10. The molecule has 0 saturated heterocycles. The minimum absolute atomic E-state index is 0.161. The van der Waals surface area contributed by atoms with Gasteiger partial charge in [0, 0.05) is 12.2 Å². The topological polar surface area (TPSA) is 81.6 Å². The first kappa shape index (κ1) is 12.8. The van der Waals surface area contributed by atoms with Crippen LogP contribution in [0.1, 0.15) is 32.9 Å². The highest BCUT2D eigenvalue weighted by atomic mass is 16.1. The van der Waals surface area contributed by atoms with Crippen LogP contribution in [0.4, 0.5) is 0 Å². The van der Waals surface area contributed by atoms with E-state index in [9.17, 15) is 4.79 Å². The van der Waals surface area contributed by atoms with Crippen LogP contribution in [-0.4, -0.2) is 16.1 Å². The van der Waals surface area contributed by atoms with Crippen molar-refractivity contribution in [3.05, 3.63) is 52.3 Å². The molecule has 0 spiro atoms. The molecular weight excluding hydrogens is 240 g/mol. The monoisotopic (exact) mass is 254 g/mol. The summed E-state index contributed by atoms with van der Waals surface area (Å²) in [4.78, 5) is 12.0. The molecule has 0 aliphatic rings. The number of rotatable bonds is 3. The number of carbonyl (C=O) groups excluding carboxylic acids is 1. The Morgan fingerprint density at radius 1 is 1.47 bits per heavy atom. The highest BCUT2D eigenvalue weighted by Gasteiger charge is 2.14. The van der Waals surface area contributed by atoms with Crippen LogP contribution in [-0.2, 0) is 6.54 Å². The predicted octanol–water partition coefficient (Wildman–Crippen LogP) is 1.83. The molecule has 0 atom stereocenters. The van der Waals surface area contributed by atoms with Crippen molar-refractivity contribution in [3.8, 4) is 6.07 Å². The van der Waals surface area contributed by atoms with E-state index < -0.39 is 0 Å². The summed E-state index contributed by atoms with van der Waals surface area (Å²) in [5.41, 5.74) is 3.49. The van der Waals surface area contributed by atoms with Gasteiger partial charge in [-0.1, -0.05) is 12.1 Å². The van der Waals surface area contributed by atoms with Crippen LogP contribution >= 0.6 is 0 Å². The lowest BCUT2D eigenvalue weighted by molar-refractivity contribution is 0.0950. The highest BCUT2D eigenvalue weighted by molar-refractivity contribution is 5.96. The van der Waals surface area contributed by atoms with Gasteiger partial charge in [0.1, 0.15) is 0 Å². The smallest absolute Gasteiger partial charge is 0.255 e. The summed E-state index contributed by atoms with van der Waals surface area (Å²) in [7, 11) is 0. The van der Waals surface area contributed by atoms with Crippen LogP contribution in [0.15, 0.2) is 24.3 Å². The lowest BCUT2D eigenvalue weighted by atomic mass is 10.1. The Balaban J connectivity index is 2.07. The maximum atomic E-state index is 12.0. The van der Waals surface area contributed by atoms with Crippen molar-refractivity contribution in [1.29, 1.82) is 5.26 Å². The lowest BCUT2D eigenvalue weighted by Crippen LogP contribution is -2.23. The van der Waals surface area contributed by atoms with E-state index in [1.807, 2.05) is 13.0 Å². The Morgan fingerprint density at radius 2 is 2.26 bits per heavy atom. The first-order chi connectivity index (χ1) is 9.11. The van der Waals surface area contributed by atoms with Crippen molar-refractivity contribution >= 4 is 5.91 Å². The number of aromatic amines is 1. The van der Waals surface area contributed by atoms with Gasteiger partial charge in [-0.2, -0.15) is 10.4 Å². The molecule has 96 valence electrons. The van der Waals surface area contributed by atoms with Gasteiger partial charge in [-0.05, 0) is 31.5 Å². The summed E-state index contributed by atoms with van der Waals surface area (Å²) in [6.45, 7) is 3.98. The number of nitriles is 1. The zero-order chi connectivity index (χ0) is 13.8. The Morgan fingerprint density at radius 3 is 2.89 bits per heavy atom. The molecule has 0 unspecified atom stereocenters. The quantitative estimate of drug-likeness (QED) is 0.876. The summed E-state index contributed by atoms with van der Waals surface area (Å²) in [5, 5.41) is 18.4. The van der Waals surface area contributed by atoms with Gasteiger partial charge in [-0.25, -0.2) is 0 Å². The standard InChI is InChI=1S/C14H14N4O/c1-9-13(10(2)18-17-9)14(19)16-8-12-5-3-4-11(6-12)7-15/h3-6H,8H2,1-2H3,(H,16,19)(H,17,18). The number of amides is 1. The number of aryl methyl sites for hydroxylation is 2. The van der Waals surface area contributed by atoms with E-state index in [0.29, 0.717) is 23.4 Å². The van der Waals surface area contributed by atoms with Crippen molar-refractivity contribution in [2.24, 2.45) is 0 Å². The number of nitrogens with one attached hydrogen (secondary N) is 2. The summed E-state index contributed by atoms with van der Waals surface area (Å²) >= 11 is 0. The molecule has 5 nitrogen and oxygen atoms in total. The fourth-order valence-corrected chi connectivity index (χ4v) is 1.91. The molecule has 2 aromatic rings. The fraction of sp³-hybridized carbons (Fsp3) is 0.214. The van der Waals surface area contributed by atoms with Crippen molar-refractivity contribution in [3.63, 3.8) is 0 Å². The normalized spacial score (nSPS) is 9.95. The third-order valence-corrected chi connectivity index (χ3v) is 2.86. The molecule has 0 radical (unpaired) electrons. The van der Waals surface area contributed by atoms with Crippen LogP contribution in [0.5, 0.6) is 0 Å². The van der Waals surface area contributed by atoms with Gasteiger partial charge in [0.2, 0.25) is 0 Å². The molecule has 2 N–H and O–H groups in total. The lowest BCUT2D eigenvalue weighted by Gasteiger charge is -2.05. The third-order valence-electron chi connectivity index (χ3n) is 2.86. The average Bonchev–Trinajstić information content (AvgIpc) is 2.76. The van der Waals surface area contributed by atoms with Gasteiger partial charge in [0.05, 0.1) is 22.9 Å². The van der Waals surface area contributed by atoms with Crippen LogP contribution in [0.25, 0.3) is 0 Å². The number of hydrogen-bond donors (Lipinski definition) is 2. The van der Waals surface area contributed by atoms with Crippen molar-refractivity contribution in [1.82, 2.24) is 15.5 Å². The second-order valence-corrected chi connectivity index (χ2v) is 4.30. The predicted molar refractivity (Wildman–Crippen MR) is 70.4 cm³/mol. The van der Waals surface area contributed by atoms with Crippen LogP contribution in [0.2, 0.25) is 0 Å². The van der Waals surface area contributed by atoms with E-state index in [2.05, 4.69) is 21.6 Å². The second-order valence-electron chi connectivity index (χ2n) is 4.30. The molecule has 5 heteroatoms. The number of aromatic nitrogens is 2. The molecule has 1 aromatic carbocycles. The third kappa shape index (κ3) is 2.80. The molecule has 1 heterocycles. The van der Waals surface area contributed by atoms with E-state index >= 15 is 0 Å². The number of carbonyl (C=O) groups is 1. The molecule has 0 aliphatic carbocycles. The van der Waals surface area contributed by atoms with E-state index in [-0.39, 0.29) is 5.91 Å². The van der Waals surface area contributed by atoms with Crippen molar-refractivity contribution in [2.45, 2.75) is 20.4 Å². The van der Waals surface area contributed by atoms with Gasteiger partial charge in [0.15, 0.2) is 0 Å². The molecule has 0 fully saturated rings. The number of benzene rings is 1. The van der Waals surface area contributed by atoms with Crippen LogP contribution < -0.4 is 5.32 Å². The first-order valence-corrected chi connectivity index (χ1v) is 5.90. The summed E-state index contributed by atoms with van der Waals surface area (Å²) in [6, 6.07) is 9.24. The summed E-state index contributed by atoms with van der Waals surface area (Å²) < 4.78 is 0. The minimum Gasteiger partial charge on any atom is -0.348 e. The zero-order valence-corrected chi connectivity index (χ0v) is 10.8. The van der Waals surface area contributed by atoms with Gasteiger partial charge in [-0.3, -0.25) is 9.89 Å². The Hall–Kier alpha value is -2.61.